The molecule has 2 aromatic heterocycles. The van der Waals surface area contributed by atoms with Gasteiger partial charge in [-0.2, -0.15) is 9.78 Å². The summed E-state index contributed by atoms with van der Waals surface area (Å²) in [6, 6.07) is 18.5. The average Bonchev–Trinajstić information content (AvgIpc) is 3.30. The fraction of sp³-hybridized carbons (Fsp3) is 0.0385. The van der Waals surface area contributed by atoms with E-state index in [1.165, 1.54) is 18.3 Å². The van der Waals surface area contributed by atoms with E-state index in [0.717, 1.165) is 14.5 Å². The molecule has 0 bridgehead atoms. The van der Waals surface area contributed by atoms with Crippen LogP contribution in [0, 0.1) is 22.5 Å². The van der Waals surface area contributed by atoms with Crippen molar-refractivity contribution in [3.05, 3.63) is 97.2 Å². The van der Waals surface area contributed by atoms with Crippen LogP contribution in [0.25, 0.3) is 33.5 Å². The summed E-state index contributed by atoms with van der Waals surface area (Å²) >= 11 is 3.44. The van der Waals surface area contributed by atoms with Crippen LogP contribution in [0.15, 0.2) is 85.5 Å². The van der Waals surface area contributed by atoms with Gasteiger partial charge in [0.25, 0.3) is 5.56 Å². The zero-order valence-electron chi connectivity index (χ0n) is 18.4. The van der Waals surface area contributed by atoms with Gasteiger partial charge in [-0.05, 0) is 42.5 Å². The molecule has 36 heavy (non-hydrogen) atoms. The van der Waals surface area contributed by atoms with Crippen molar-refractivity contribution < 1.29 is 14.1 Å². The first-order valence-electron chi connectivity index (χ1n) is 10.6. The molecule has 0 saturated carbocycles. The summed E-state index contributed by atoms with van der Waals surface area (Å²) in [4.78, 5) is 29.0. The summed E-state index contributed by atoms with van der Waals surface area (Å²) in [7, 11) is 0. The minimum absolute atomic E-state index is 0.0545. The molecule has 0 N–H and O–H groups in total. The van der Waals surface area contributed by atoms with Crippen molar-refractivity contribution in [3.8, 4) is 29.7 Å². The Morgan fingerprint density at radius 3 is 2.83 bits per heavy atom. The number of halogens is 1. The highest BCUT2D eigenvalue weighted by Crippen LogP contribution is 2.31. The Bertz CT molecular complexity index is 1780. The van der Waals surface area contributed by atoms with Crippen LogP contribution in [-0.4, -0.2) is 27.4 Å². The Labute approximate surface area is 211 Å². The molecule has 0 atom stereocenters. The highest BCUT2D eigenvalue weighted by Gasteiger charge is 2.20. The standard InChI is InChI=1S/C26H15BrN4O5/c1-2-12-35-24-16(6-5-9-21(24)31(33)34)15-28-30-25(29-20-8-4-3-7-19(20)26(30)32)23-14-17-13-18(27)10-11-22(17)36-23/h1,3-11,13-15H,12H2. The Kier molecular flexibility index (Phi) is 6.06. The van der Waals surface area contributed by atoms with Gasteiger partial charge in [0.15, 0.2) is 5.76 Å². The monoisotopic (exact) mass is 542 g/mol. The predicted molar refractivity (Wildman–Crippen MR) is 139 cm³/mol. The van der Waals surface area contributed by atoms with Crippen molar-refractivity contribution in [1.82, 2.24) is 9.66 Å². The van der Waals surface area contributed by atoms with Crippen LogP contribution in [0.2, 0.25) is 0 Å². The molecule has 10 heteroatoms. The zero-order valence-corrected chi connectivity index (χ0v) is 20.0. The molecular formula is C26H15BrN4O5. The van der Waals surface area contributed by atoms with E-state index >= 15 is 0 Å². The van der Waals surface area contributed by atoms with E-state index in [4.69, 9.17) is 15.6 Å². The van der Waals surface area contributed by atoms with E-state index < -0.39 is 10.5 Å². The Balaban J connectivity index is 1.71. The van der Waals surface area contributed by atoms with E-state index in [2.05, 4.69) is 31.9 Å². The first-order valence-corrected chi connectivity index (χ1v) is 11.3. The highest BCUT2D eigenvalue weighted by atomic mass is 79.9. The number of ether oxygens (including phenoxy) is 1. The predicted octanol–water partition coefficient (Wildman–Crippen LogP) is 5.37. The van der Waals surface area contributed by atoms with E-state index in [1.54, 1.807) is 42.5 Å². The molecule has 9 nitrogen and oxygen atoms in total. The normalized spacial score (nSPS) is 11.2. The summed E-state index contributed by atoms with van der Waals surface area (Å²) in [5.74, 6) is 2.73. The quantitative estimate of drug-likeness (QED) is 0.123. The number of hydrogen-bond acceptors (Lipinski definition) is 7. The van der Waals surface area contributed by atoms with Gasteiger partial charge >= 0.3 is 5.69 Å². The number of rotatable bonds is 6. The number of benzene rings is 3. The number of para-hydroxylation sites is 2. The van der Waals surface area contributed by atoms with Crippen molar-refractivity contribution in [1.29, 1.82) is 0 Å². The second-order valence-electron chi connectivity index (χ2n) is 7.55. The fourth-order valence-corrected chi connectivity index (χ4v) is 4.07. The van der Waals surface area contributed by atoms with Gasteiger partial charge in [-0.15, -0.1) is 6.42 Å². The van der Waals surface area contributed by atoms with Gasteiger partial charge in [-0.1, -0.05) is 40.0 Å². The van der Waals surface area contributed by atoms with E-state index in [9.17, 15) is 14.9 Å². The Morgan fingerprint density at radius 2 is 2.03 bits per heavy atom. The average molecular weight is 543 g/mol. The maximum Gasteiger partial charge on any atom is 0.311 e. The first-order chi connectivity index (χ1) is 17.5. The van der Waals surface area contributed by atoms with Crippen molar-refractivity contribution in [3.63, 3.8) is 0 Å². The lowest BCUT2D eigenvalue weighted by Crippen LogP contribution is -2.20. The summed E-state index contributed by atoms with van der Waals surface area (Å²) in [5, 5.41) is 17.0. The maximum absolute atomic E-state index is 13.4. The van der Waals surface area contributed by atoms with Gasteiger partial charge in [0, 0.05) is 21.5 Å². The molecular weight excluding hydrogens is 528 g/mol. The minimum Gasteiger partial charge on any atom is -0.473 e. The number of nitro groups is 1. The third kappa shape index (κ3) is 4.23. The number of aromatic nitrogens is 2. The second-order valence-corrected chi connectivity index (χ2v) is 8.47. The Morgan fingerprint density at radius 1 is 1.19 bits per heavy atom. The SMILES string of the molecule is C#CCOc1c(C=Nn2c(-c3cc4cc(Br)ccc4o3)nc3ccccc3c2=O)cccc1[N+](=O)[O-]. The summed E-state index contributed by atoms with van der Waals surface area (Å²) in [6.45, 7) is -0.178. The van der Waals surface area contributed by atoms with Crippen molar-refractivity contribution >= 4 is 49.7 Å². The molecule has 0 aliphatic carbocycles. The van der Waals surface area contributed by atoms with Gasteiger partial charge in [-0.3, -0.25) is 14.9 Å². The second kappa shape index (κ2) is 9.48. The lowest BCUT2D eigenvalue weighted by atomic mass is 10.2. The lowest BCUT2D eigenvalue weighted by molar-refractivity contribution is -0.385. The van der Waals surface area contributed by atoms with Crippen molar-refractivity contribution in [2.75, 3.05) is 6.61 Å². The van der Waals surface area contributed by atoms with Crippen LogP contribution in [-0.2, 0) is 0 Å². The summed E-state index contributed by atoms with van der Waals surface area (Å²) < 4.78 is 13.4. The highest BCUT2D eigenvalue weighted by molar-refractivity contribution is 9.10. The van der Waals surface area contributed by atoms with Gasteiger partial charge in [0.1, 0.15) is 12.2 Å². The molecule has 0 aliphatic heterocycles. The smallest absolute Gasteiger partial charge is 0.311 e. The number of nitrogens with zero attached hydrogens (tertiary/aromatic N) is 4. The Hall–Kier alpha value is -4.75. The fourth-order valence-electron chi connectivity index (χ4n) is 3.69. The van der Waals surface area contributed by atoms with Crippen LogP contribution >= 0.6 is 15.9 Å². The van der Waals surface area contributed by atoms with Crippen molar-refractivity contribution in [2.24, 2.45) is 5.10 Å². The molecule has 0 unspecified atom stereocenters. The number of furan rings is 1. The van der Waals surface area contributed by atoms with Crippen molar-refractivity contribution in [2.45, 2.75) is 0 Å². The molecule has 3 aromatic carbocycles. The van der Waals surface area contributed by atoms with E-state index in [-0.39, 0.29) is 29.4 Å². The number of fused-ring (bicyclic) bond motifs is 2. The van der Waals surface area contributed by atoms with Gasteiger partial charge in [0.2, 0.25) is 11.6 Å². The maximum atomic E-state index is 13.4. The summed E-state index contributed by atoms with van der Waals surface area (Å²) in [5.41, 5.74) is 0.624. The molecule has 0 fully saturated rings. The summed E-state index contributed by atoms with van der Waals surface area (Å²) in [6.07, 6.45) is 6.56. The molecule has 176 valence electrons. The molecule has 5 aromatic rings. The first kappa shape index (κ1) is 23.0. The number of terminal acetylenes is 1. The third-order valence-electron chi connectivity index (χ3n) is 5.29. The number of nitro benzene ring substituents is 1. The zero-order chi connectivity index (χ0) is 25.2. The third-order valence-corrected chi connectivity index (χ3v) is 5.78. The molecule has 5 rings (SSSR count). The molecule has 0 saturated heterocycles. The molecule has 0 spiro atoms. The topological polar surface area (TPSA) is 113 Å². The van der Waals surface area contributed by atoms with Gasteiger partial charge in [-0.25, -0.2) is 4.98 Å². The van der Waals surface area contributed by atoms with Gasteiger partial charge in [0.05, 0.1) is 22.0 Å². The minimum atomic E-state index is -0.578. The molecule has 0 radical (unpaired) electrons. The largest absolute Gasteiger partial charge is 0.473 e. The van der Waals surface area contributed by atoms with Crippen LogP contribution in [0.4, 0.5) is 5.69 Å². The molecule has 2 heterocycles. The van der Waals surface area contributed by atoms with E-state index in [0.29, 0.717) is 22.2 Å². The van der Waals surface area contributed by atoms with Crippen LogP contribution < -0.4 is 10.3 Å². The lowest BCUT2D eigenvalue weighted by Gasteiger charge is -2.09. The van der Waals surface area contributed by atoms with Crippen LogP contribution in [0.1, 0.15) is 5.56 Å². The van der Waals surface area contributed by atoms with Crippen LogP contribution in [0.3, 0.4) is 0 Å². The number of hydrogen-bond donors (Lipinski definition) is 0. The molecule has 0 aliphatic rings. The van der Waals surface area contributed by atoms with E-state index in [1.807, 2.05) is 12.1 Å². The van der Waals surface area contributed by atoms with Crippen LogP contribution in [0.5, 0.6) is 5.75 Å². The van der Waals surface area contributed by atoms with Gasteiger partial charge < -0.3 is 9.15 Å². The molecule has 0 amide bonds.